The smallest absolute Gasteiger partial charge is 0.331 e. The maximum atomic E-state index is 13.8. The van der Waals surface area contributed by atoms with Crippen LogP contribution in [0.1, 0.15) is 48.7 Å². The van der Waals surface area contributed by atoms with Crippen molar-refractivity contribution in [2.45, 2.75) is 40.2 Å². The molecule has 4 aromatic rings. The van der Waals surface area contributed by atoms with Crippen LogP contribution in [-0.2, 0) is 14.1 Å². The fourth-order valence-corrected chi connectivity index (χ4v) is 5.35. The molecule has 184 valence electrons. The van der Waals surface area contributed by atoms with E-state index in [1.54, 1.807) is 18.7 Å². The monoisotopic (exact) mass is 480 g/mol. The zero-order chi connectivity index (χ0) is 25.7. The molecule has 5 rings (SSSR count). The first kappa shape index (κ1) is 23.7. The number of rotatable bonds is 4. The lowest BCUT2D eigenvalue weighted by Crippen LogP contribution is -2.37. The predicted molar refractivity (Wildman–Crippen MR) is 147 cm³/mol. The minimum absolute atomic E-state index is 0.235. The first-order valence-corrected chi connectivity index (χ1v) is 12.4. The molecule has 2 aromatic heterocycles. The molecule has 6 heteroatoms. The Hall–Kier alpha value is -4.06. The molecular weight excluding hydrogens is 448 g/mol. The van der Waals surface area contributed by atoms with E-state index in [2.05, 4.69) is 80.1 Å². The molecule has 1 unspecified atom stereocenters. The topological polar surface area (TPSA) is 61.0 Å². The first-order valence-electron chi connectivity index (χ1n) is 12.4. The minimum Gasteiger partial charge on any atom is -0.375 e. The van der Waals surface area contributed by atoms with Crippen LogP contribution in [0.5, 0.6) is 0 Å². The zero-order valence-corrected chi connectivity index (χ0v) is 21.7. The van der Waals surface area contributed by atoms with Gasteiger partial charge in [0.05, 0.1) is 34.0 Å². The molecule has 6 nitrogen and oxygen atoms in total. The first-order chi connectivity index (χ1) is 17.3. The van der Waals surface area contributed by atoms with E-state index in [9.17, 15) is 9.59 Å². The van der Waals surface area contributed by atoms with Gasteiger partial charge in [0.1, 0.15) is 0 Å². The Morgan fingerprint density at radius 2 is 1.72 bits per heavy atom. The number of aryl methyl sites for hydroxylation is 3. The van der Waals surface area contributed by atoms with E-state index < -0.39 is 0 Å². The number of fused-ring (bicyclic) bond motifs is 3. The van der Waals surface area contributed by atoms with Crippen LogP contribution in [-0.4, -0.2) is 13.7 Å². The molecular formula is C30H32N4O2. The highest BCUT2D eigenvalue weighted by Gasteiger charge is 2.34. The molecule has 3 heterocycles. The Morgan fingerprint density at radius 3 is 2.42 bits per heavy atom. The maximum Gasteiger partial charge on any atom is 0.331 e. The quantitative estimate of drug-likeness (QED) is 0.438. The van der Waals surface area contributed by atoms with E-state index in [1.807, 2.05) is 18.2 Å². The van der Waals surface area contributed by atoms with Crippen LogP contribution >= 0.6 is 0 Å². The van der Waals surface area contributed by atoms with Crippen LogP contribution in [0.15, 0.2) is 76.0 Å². The van der Waals surface area contributed by atoms with Crippen molar-refractivity contribution in [2.24, 2.45) is 14.1 Å². The lowest BCUT2D eigenvalue weighted by Gasteiger charge is -2.31. The lowest BCUT2D eigenvalue weighted by atomic mass is 9.98. The molecule has 2 aromatic carbocycles. The van der Waals surface area contributed by atoms with Crippen molar-refractivity contribution in [1.82, 2.24) is 19.0 Å². The van der Waals surface area contributed by atoms with Crippen molar-refractivity contribution in [3.63, 3.8) is 0 Å². The van der Waals surface area contributed by atoms with Crippen LogP contribution < -0.4 is 16.6 Å². The molecule has 1 atom stereocenters. The van der Waals surface area contributed by atoms with Gasteiger partial charge in [0.15, 0.2) is 0 Å². The van der Waals surface area contributed by atoms with Crippen LogP contribution in [0.4, 0.5) is 0 Å². The van der Waals surface area contributed by atoms with Gasteiger partial charge in [0.2, 0.25) is 0 Å². The largest absolute Gasteiger partial charge is 0.375 e. The van der Waals surface area contributed by atoms with Crippen molar-refractivity contribution in [3.05, 3.63) is 110 Å². The Bertz CT molecular complexity index is 1690. The number of benzene rings is 2. The molecule has 0 saturated heterocycles. The van der Waals surface area contributed by atoms with Gasteiger partial charge in [0.25, 0.3) is 5.56 Å². The van der Waals surface area contributed by atoms with Crippen LogP contribution in [0.2, 0.25) is 0 Å². The van der Waals surface area contributed by atoms with Crippen molar-refractivity contribution in [1.29, 1.82) is 0 Å². The summed E-state index contributed by atoms with van der Waals surface area (Å²) < 4.78 is 5.04. The summed E-state index contributed by atoms with van der Waals surface area (Å²) in [7, 11) is 3.31. The van der Waals surface area contributed by atoms with Crippen molar-refractivity contribution < 1.29 is 0 Å². The van der Waals surface area contributed by atoms with E-state index in [0.717, 1.165) is 51.5 Å². The Balaban J connectivity index is 2.06. The predicted octanol–water partition coefficient (Wildman–Crippen LogP) is 5.17. The summed E-state index contributed by atoms with van der Waals surface area (Å²) in [4.78, 5) is 27.0. The third-order valence-corrected chi connectivity index (χ3v) is 7.15. The second-order valence-electron chi connectivity index (χ2n) is 9.63. The fourth-order valence-electron chi connectivity index (χ4n) is 5.35. The highest BCUT2D eigenvalue weighted by Crippen LogP contribution is 2.43. The number of nitrogens with zero attached hydrogens (tertiary/aromatic N) is 3. The van der Waals surface area contributed by atoms with Gasteiger partial charge in [0, 0.05) is 25.4 Å². The molecule has 36 heavy (non-hydrogen) atoms. The standard InChI is InChI=1S/C30H32N4O2/c1-7-8-16-23-20(4)31-25(21-14-11-12-18(2)17-21)28-27-24(29(35)33(6)30(36)32(27)5)26(34(23)28)22-15-10-9-13-19(22)3/h8-17,25,31H,7H2,1-6H3/b16-8-. The molecule has 1 N–H and O–H groups in total. The summed E-state index contributed by atoms with van der Waals surface area (Å²) in [6.45, 7) is 8.31. The highest BCUT2D eigenvalue weighted by atomic mass is 16.2. The van der Waals surface area contributed by atoms with Gasteiger partial charge in [-0.3, -0.25) is 13.9 Å². The molecule has 1 aliphatic heterocycles. The van der Waals surface area contributed by atoms with E-state index in [1.165, 1.54) is 4.57 Å². The number of hydrogen-bond donors (Lipinski definition) is 1. The average molecular weight is 481 g/mol. The van der Waals surface area contributed by atoms with Gasteiger partial charge >= 0.3 is 5.69 Å². The van der Waals surface area contributed by atoms with Gasteiger partial charge in [-0.1, -0.05) is 67.1 Å². The summed E-state index contributed by atoms with van der Waals surface area (Å²) >= 11 is 0. The lowest BCUT2D eigenvalue weighted by molar-refractivity contribution is 0.631. The van der Waals surface area contributed by atoms with Crippen LogP contribution in [0, 0.1) is 13.8 Å². The number of hydrogen-bond acceptors (Lipinski definition) is 3. The van der Waals surface area contributed by atoms with E-state index in [4.69, 9.17) is 0 Å². The van der Waals surface area contributed by atoms with Gasteiger partial charge in [-0.25, -0.2) is 4.79 Å². The third-order valence-electron chi connectivity index (χ3n) is 7.15. The summed E-state index contributed by atoms with van der Waals surface area (Å²) in [6.07, 6.45) is 5.12. The molecule has 0 amide bonds. The highest BCUT2D eigenvalue weighted by molar-refractivity contribution is 6.00. The third kappa shape index (κ3) is 3.48. The zero-order valence-electron chi connectivity index (χ0n) is 21.7. The van der Waals surface area contributed by atoms with Gasteiger partial charge < -0.3 is 9.88 Å². The van der Waals surface area contributed by atoms with Crippen molar-refractivity contribution in [3.8, 4) is 11.3 Å². The molecule has 0 spiro atoms. The Kier molecular flexibility index (Phi) is 5.83. The van der Waals surface area contributed by atoms with E-state index in [0.29, 0.717) is 10.9 Å². The number of nitrogens with one attached hydrogen (secondary N) is 1. The van der Waals surface area contributed by atoms with Gasteiger partial charge in [-0.2, -0.15) is 0 Å². The summed E-state index contributed by atoms with van der Waals surface area (Å²) in [5, 5.41) is 4.27. The molecule has 0 fully saturated rings. The number of allylic oxidation sites excluding steroid dienone is 4. The van der Waals surface area contributed by atoms with Crippen molar-refractivity contribution in [2.75, 3.05) is 0 Å². The van der Waals surface area contributed by atoms with Gasteiger partial charge in [-0.15, -0.1) is 0 Å². The Morgan fingerprint density at radius 1 is 0.972 bits per heavy atom. The average Bonchev–Trinajstić information content (AvgIpc) is 3.21. The molecule has 0 bridgehead atoms. The maximum absolute atomic E-state index is 13.8. The second-order valence-corrected chi connectivity index (χ2v) is 9.63. The minimum atomic E-state index is -0.336. The van der Waals surface area contributed by atoms with E-state index in [-0.39, 0.29) is 17.3 Å². The summed E-state index contributed by atoms with van der Waals surface area (Å²) in [6, 6.07) is 16.3. The SMILES string of the molecule is CC/C=C\C1=C(C)NC(c2cccc(C)c2)c2c3c(c(-c4ccccc4C)n21)c(=O)n(C)c(=O)n3C. The van der Waals surface area contributed by atoms with Crippen LogP contribution in [0.3, 0.4) is 0 Å². The van der Waals surface area contributed by atoms with Gasteiger partial charge in [-0.05, 0) is 44.4 Å². The molecule has 0 radical (unpaired) electrons. The normalized spacial score (nSPS) is 15.6. The van der Waals surface area contributed by atoms with Crippen LogP contribution in [0.25, 0.3) is 27.9 Å². The summed E-state index contributed by atoms with van der Waals surface area (Å²) in [5.74, 6) is 0. The van der Waals surface area contributed by atoms with E-state index >= 15 is 0 Å². The second kappa shape index (κ2) is 8.86. The van der Waals surface area contributed by atoms with Crippen molar-refractivity contribution >= 4 is 16.6 Å². The summed E-state index contributed by atoms with van der Waals surface area (Å²) in [5.41, 5.74) is 8.02. The molecule has 0 saturated carbocycles. The number of aromatic nitrogens is 3. The fraction of sp³-hybridized carbons (Fsp3) is 0.267. The Labute approximate surface area is 210 Å². The molecule has 0 aliphatic carbocycles. The molecule has 1 aliphatic rings.